The molecule has 20 heavy (non-hydrogen) atoms. The van der Waals surface area contributed by atoms with E-state index in [1.165, 1.54) is 12.1 Å². The third-order valence-electron chi connectivity index (χ3n) is 3.25. The Hall–Kier alpha value is -1.33. The van der Waals surface area contributed by atoms with Crippen LogP contribution in [0.4, 0.5) is 8.78 Å². The summed E-state index contributed by atoms with van der Waals surface area (Å²) >= 11 is 1.60. The molecule has 2 atom stereocenters. The highest BCUT2D eigenvalue weighted by Crippen LogP contribution is 2.25. The fraction of sp³-hybridized carbons (Fsp3) is 0.400. The number of nitrogens with one attached hydrogen (secondary N) is 1. The second-order valence-electron chi connectivity index (χ2n) is 5.04. The molecule has 0 radical (unpaired) electrons. The molecule has 0 fully saturated rings. The number of aryl methyl sites for hydroxylation is 2. The first-order valence-corrected chi connectivity index (χ1v) is 7.34. The molecule has 0 amide bonds. The van der Waals surface area contributed by atoms with E-state index in [0.717, 1.165) is 9.88 Å². The Balaban J connectivity index is 2.16. The van der Waals surface area contributed by atoms with Crippen molar-refractivity contribution in [2.75, 3.05) is 0 Å². The summed E-state index contributed by atoms with van der Waals surface area (Å²) in [4.78, 5) is 5.44. The minimum atomic E-state index is -0.383. The largest absolute Gasteiger partial charge is 0.301 e. The van der Waals surface area contributed by atoms with Crippen LogP contribution >= 0.6 is 11.3 Å². The van der Waals surface area contributed by atoms with E-state index < -0.39 is 0 Å². The van der Waals surface area contributed by atoms with E-state index in [1.807, 2.05) is 27.0 Å². The van der Waals surface area contributed by atoms with Crippen LogP contribution in [0.5, 0.6) is 0 Å². The number of thiazole rings is 1. The van der Waals surface area contributed by atoms with Gasteiger partial charge in [0.15, 0.2) is 0 Å². The summed E-state index contributed by atoms with van der Waals surface area (Å²) in [5.74, 6) is -0.765. The summed E-state index contributed by atoms with van der Waals surface area (Å²) in [6.45, 7) is 7.34. The number of halogens is 2. The molecular formula is C15H18F2N2S. The fourth-order valence-corrected chi connectivity index (χ4v) is 2.89. The van der Waals surface area contributed by atoms with E-state index in [-0.39, 0.29) is 23.7 Å². The zero-order valence-corrected chi connectivity index (χ0v) is 12.8. The van der Waals surface area contributed by atoms with Crippen molar-refractivity contribution in [1.82, 2.24) is 10.3 Å². The second kappa shape index (κ2) is 5.97. The minimum Gasteiger partial charge on any atom is -0.301 e. The lowest BCUT2D eigenvalue weighted by atomic mass is 10.0. The number of aromatic nitrogens is 1. The van der Waals surface area contributed by atoms with Gasteiger partial charge in [-0.05, 0) is 45.4 Å². The van der Waals surface area contributed by atoms with Crippen LogP contribution in [0.15, 0.2) is 18.3 Å². The molecule has 1 N–H and O–H groups in total. The van der Waals surface area contributed by atoms with Crippen LogP contribution in [0.3, 0.4) is 0 Å². The topological polar surface area (TPSA) is 24.9 Å². The van der Waals surface area contributed by atoms with Gasteiger partial charge in [0.2, 0.25) is 0 Å². The van der Waals surface area contributed by atoms with Gasteiger partial charge < -0.3 is 5.32 Å². The number of nitrogens with zero attached hydrogens (tertiary/aromatic N) is 1. The Bertz CT molecular complexity index is 610. The Morgan fingerprint density at radius 3 is 2.40 bits per heavy atom. The molecule has 1 aromatic heterocycles. The van der Waals surface area contributed by atoms with E-state index in [1.54, 1.807) is 18.3 Å². The molecule has 0 bridgehead atoms. The van der Waals surface area contributed by atoms with Crippen molar-refractivity contribution in [3.63, 3.8) is 0 Å². The van der Waals surface area contributed by atoms with Crippen LogP contribution in [0.1, 0.15) is 46.9 Å². The molecule has 0 saturated carbocycles. The zero-order valence-electron chi connectivity index (χ0n) is 12.0. The number of benzene rings is 1. The molecular weight excluding hydrogens is 278 g/mol. The lowest BCUT2D eigenvalue weighted by molar-refractivity contribution is 0.468. The highest BCUT2D eigenvalue weighted by atomic mass is 32.1. The quantitative estimate of drug-likeness (QED) is 0.901. The Labute approximate surface area is 121 Å². The number of rotatable bonds is 4. The van der Waals surface area contributed by atoms with E-state index in [4.69, 9.17) is 0 Å². The van der Waals surface area contributed by atoms with Crippen LogP contribution in [0.2, 0.25) is 0 Å². The predicted octanol–water partition coefficient (Wildman–Crippen LogP) is 4.45. The predicted molar refractivity (Wildman–Crippen MR) is 77.9 cm³/mol. The molecule has 1 aromatic carbocycles. The lowest BCUT2D eigenvalue weighted by Crippen LogP contribution is -2.23. The zero-order chi connectivity index (χ0) is 14.9. The Morgan fingerprint density at radius 1 is 1.10 bits per heavy atom. The molecule has 0 aliphatic heterocycles. The van der Waals surface area contributed by atoms with E-state index >= 15 is 0 Å². The smallest absolute Gasteiger partial charge is 0.128 e. The number of hydrogen-bond donors (Lipinski definition) is 1. The first kappa shape index (κ1) is 15.1. The molecule has 2 nitrogen and oxygen atoms in total. The Morgan fingerprint density at radius 2 is 1.80 bits per heavy atom. The molecule has 0 aliphatic carbocycles. The van der Waals surface area contributed by atoms with Crippen LogP contribution in [-0.2, 0) is 0 Å². The first-order valence-electron chi connectivity index (χ1n) is 6.52. The third-order valence-corrected chi connectivity index (χ3v) is 4.35. The SMILES string of the molecule is Cc1cnc(C(C)NC(C)c2cc(F)c(C)cc2F)s1. The van der Waals surface area contributed by atoms with E-state index in [2.05, 4.69) is 10.3 Å². The van der Waals surface area contributed by atoms with E-state index in [0.29, 0.717) is 11.1 Å². The summed E-state index contributed by atoms with van der Waals surface area (Å²) in [6, 6.07) is 2.21. The fourth-order valence-electron chi connectivity index (χ4n) is 2.10. The first-order chi connectivity index (χ1) is 9.38. The monoisotopic (exact) mass is 296 g/mol. The second-order valence-corrected chi connectivity index (χ2v) is 6.31. The minimum absolute atomic E-state index is 0.00698. The molecule has 2 rings (SSSR count). The summed E-state index contributed by atoms with van der Waals surface area (Å²) < 4.78 is 27.5. The standard InChI is InChI=1S/C15H18F2N2S/c1-8-5-14(17)12(6-13(8)16)10(3)19-11(4)15-18-7-9(2)20-15/h5-7,10-11,19H,1-4H3. The van der Waals surface area contributed by atoms with Crippen LogP contribution < -0.4 is 5.32 Å². The summed E-state index contributed by atoms with van der Waals surface area (Å²) in [5.41, 5.74) is 0.662. The lowest BCUT2D eigenvalue weighted by Gasteiger charge is -2.19. The maximum Gasteiger partial charge on any atom is 0.128 e. The van der Waals surface area contributed by atoms with Crippen molar-refractivity contribution in [2.24, 2.45) is 0 Å². The molecule has 108 valence electrons. The van der Waals surface area contributed by atoms with Crippen LogP contribution in [-0.4, -0.2) is 4.98 Å². The van der Waals surface area contributed by atoms with Crippen molar-refractivity contribution < 1.29 is 8.78 Å². The van der Waals surface area contributed by atoms with E-state index in [9.17, 15) is 8.78 Å². The Kier molecular flexibility index (Phi) is 4.50. The normalized spacial score (nSPS) is 14.3. The van der Waals surface area contributed by atoms with Gasteiger partial charge in [0.1, 0.15) is 16.6 Å². The summed E-state index contributed by atoms with van der Waals surface area (Å²) in [5, 5.41) is 4.20. The van der Waals surface area contributed by atoms with Gasteiger partial charge in [-0.2, -0.15) is 0 Å². The molecule has 2 aromatic rings. The highest BCUT2D eigenvalue weighted by Gasteiger charge is 2.17. The van der Waals surface area contributed by atoms with Crippen molar-refractivity contribution >= 4 is 11.3 Å². The molecule has 0 spiro atoms. The maximum absolute atomic E-state index is 13.9. The van der Waals surface area contributed by atoms with Gasteiger partial charge in [-0.3, -0.25) is 0 Å². The van der Waals surface area contributed by atoms with Crippen molar-refractivity contribution in [3.05, 3.63) is 51.0 Å². The van der Waals surface area contributed by atoms with Crippen molar-refractivity contribution in [3.8, 4) is 0 Å². The molecule has 0 aliphatic rings. The van der Waals surface area contributed by atoms with Gasteiger partial charge in [-0.25, -0.2) is 13.8 Å². The van der Waals surface area contributed by atoms with Gasteiger partial charge in [-0.15, -0.1) is 11.3 Å². The summed E-state index contributed by atoms with van der Waals surface area (Å²) in [6.07, 6.45) is 1.81. The maximum atomic E-state index is 13.9. The highest BCUT2D eigenvalue weighted by molar-refractivity contribution is 7.11. The van der Waals surface area contributed by atoms with Gasteiger partial charge in [-0.1, -0.05) is 0 Å². The molecule has 1 heterocycles. The van der Waals surface area contributed by atoms with Gasteiger partial charge in [0, 0.05) is 22.7 Å². The molecule has 2 unspecified atom stereocenters. The average Bonchev–Trinajstić information content (AvgIpc) is 2.80. The van der Waals surface area contributed by atoms with Gasteiger partial charge in [0.05, 0.1) is 6.04 Å². The third kappa shape index (κ3) is 3.22. The van der Waals surface area contributed by atoms with Gasteiger partial charge >= 0.3 is 0 Å². The summed E-state index contributed by atoms with van der Waals surface area (Å²) in [7, 11) is 0. The van der Waals surface area contributed by atoms with Crippen molar-refractivity contribution in [2.45, 2.75) is 39.8 Å². The van der Waals surface area contributed by atoms with Gasteiger partial charge in [0.25, 0.3) is 0 Å². The molecule has 0 saturated heterocycles. The number of hydrogen-bond acceptors (Lipinski definition) is 3. The average molecular weight is 296 g/mol. The van der Waals surface area contributed by atoms with Crippen LogP contribution in [0, 0.1) is 25.5 Å². The molecule has 5 heteroatoms. The van der Waals surface area contributed by atoms with Crippen molar-refractivity contribution in [1.29, 1.82) is 0 Å². The van der Waals surface area contributed by atoms with Crippen LogP contribution in [0.25, 0.3) is 0 Å².